The summed E-state index contributed by atoms with van der Waals surface area (Å²) in [7, 11) is 0. The third-order valence-electron chi connectivity index (χ3n) is 1.96. The van der Waals surface area contributed by atoms with E-state index in [0.717, 1.165) is 19.5 Å². The lowest BCUT2D eigenvalue weighted by molar-refractivity contribution is 0.142. The van der Waals surface area contributed by atoms with Crippen LogP contribution in [0.3, 0.4) is 0 Å². The molecule has 1 aliphatic heterocycles. The van der Waals surface area contributed by atoms with Gasteiger partial charge in [0.1, 0.15) is 0 Å². The van der Waals surface area contributed by atoms with Crippen molar-refractivity contribution in [3.05, 3.63) is 0 Å². The lowest BCUT2D eigenvalue weighted by Crippen LogP contribution is -2.17. The summed E-state index contributed by atoms with van der Waals surface area (Å²) in [5, 5.41) is 12.4. The van der Waals surface area contributed by atoms with E-state index in [1.165, 1.54) is 6.42 Å². The minimum atomic E-state index is -0.0788. The van der Waals surface area contributed by atoms with E-state index in [-0.39, 0.29) is 6.10 Å². The summed E-state index contributed by atoms with van der Waals surface area (Å²) in [6.07, 6.45) is 2.27. The summed E-state index contributed by atoms with van der Waals surface area (Å²) in [4.78, 5) is 0. The summed E-state index contributed by atoms with van der Waals surface area (Å²) in [6, 6.07) is 0. The summed E-state index contributed by atoms with van der Waals surface area (Å²) in [6.45, 7) is 3.96. The third kappa shape index (κ3) is 1.66. The van der Waals surface area contributed by atoms with Gasteiger partial charge in [0.05, 0.1) is 6.10 Å². The van der Waals surface area contributed by atoms with Gasteiger partial charge in [0, 0.05) is 13.1 Å². The van der Waals surface area contributed by atoms with Gasteiger partial charge in [-0.3, -0.25) is 0 Å². The Kier molecular flexibility index (Phi) is 2.49. The largest absolute Gasteiger partial charge is 0.391 e. The molecule has 0 radical (unpaired) electrons. The zero-order valence-electron chi connectivity index (χ0n) is 5.93. The molecule has 1 saturated heterocycles. The van der Waals surface area contributed by atoms with Crippen molar-refractivity contribution in [3.8, 4) is 0 Å². The zero-order chi connectivity index (χ0) is 6.69. The number of rotatable bonds is 2. The maximum Gasteiger partial charge on any atom is 0.0704 e. The van der Waals surface area contributed by atoms with Crippen molar-refractivity contribution in [2.24, 2.45) is 5.92 Å². The van der Waals surface area contributed by atoms with Gasteiger partial charge >= 0.3 is 0 Å². The molecule has 0 amide bonds. The van der Waals surface area contributed by atoms with E-state index in [1.54, 1.807) is 0 Å². The molecule has 54 valence electrons. The molecule has 0 bridgehead atoms. The quantitative estimate of drug-likeness (QED) is 0.564. The Morgan fingerprint density at radius 1 is 1.56 bits per heavy atom. The number of aliphatic hydroxyl groups excluding tert-OH is 1. The Balaban J connectivity index is 2.22. The number of aliphatic hydroxyl groups is 1. The van der Waals surface area contributed by atoms with Crippen molar-refractivity contribution in [3.63, 3.8) is 0 Å². The van der Waals surface area contributed by atoms with Gasteiger partial charge in [-0.05, 0) is 12.3 Å². The van der Waals surface area contributed by atoms with Crippen molar-refractivity contribution in [2.45, 2.75) is 25.9 Å². The number of hydrogen-bond donors (Lipinski definition) is 2. The van der Waals surface area contributed by atoms with E-state index < -0.39 is 0 Å². The average molecular weight is 129 g/mol. The van der Waals surface area contributed by atoms with Crippen molar-refractivity contribution in [2.75, 3.05) is 13.1 Å². The van der Waals surface area contributed by atoms with Crippen LogP contribution in [0.15, 0.2) is 0 Å². The Morgan fingerprint density at radius 3 is 2.78 bits per heavy atom. The molecule has 2 N–H and O–H groups in total. The van der Waals surface area contributed by atoms with Crippen LogP contribution < -0.4 is 5.32 Å². The predicted molar refractivity (Wildman–Crippen MR) is 37.3 cm³/mol. The molecule has 1 rings (SSSR count). The minimum absolute atomic E-state index is 0.0788. The van der Waals surface area contributed by atoms with Gasteiger partial charge in [-0.2, -0.15) is 0 Å². The Bertz CT molecular complexity index is 85.0. The molecule has 2 atom stereocenters. The summed E-state index contributed by atoms with van der Waals surface area (Å²) in [5.41, 5.74) is 0. The lowest BCUT2D eigenvalue weighted by atomic mass is 10.0. The van der Waals surface area contributed by atoms with Crippen LogP contribution in [0.2, 0.25) is 0 Å². The van der Waals surface area contributed by atoms with E-state index in [1.807, 2.05) is 0 Å². The van der Waals surface area contributed by atoms with Gasteiger partial charge in [-0.15, -0.1) is 0 Å². The molecule has 2 nitrogen and oxygen atoms in total. The first-order valence-corrected chi connectivity index (χ1v) is 3.73. The van der Waals surface area contributed by atoms with Gasteiger partial charge in [-0.1, -0.05) is 13.3 Å². The van der Waals surface area contributed by atoms with Crippen molar-refractivity contribution in [1.29, 1.82) is 0 Å². The monoisotopic (exact) mass is 129 g/mol. The van der Waals surface area contributed by atoms with Gasteiger partial charge in [-0.25, -0.2) is 0 Å². The lowest BCUT2D eigenvalue weighted by Gasteiger charge is -2.10. The molecular formula is C7H15NO. The molecule has 9 heavy (non-hydrogen) atoms. The fraction of sp³-hybridized carbons (Fsp3) is 1.00. The van der Waals surface area contributed by atoms with Crippen LogP contribution in [0.4, 0.5) is 0 Å². The predicted octanol–water partition coefficient (Wildman–Crippen LogP) is 0.367. The topological polar surface area (TPSA) is 32.3 Å². The second kappa shape index (κ2) is 3.18. The Morgan fingerprint density at radius 2 is 2.33 bits per heavy atom. The van der Waals surface area contributed by atoms with E-state index in [4.69, 9.17) is 0 Å². The first kappa shape index (κ1) is 7.03. The SMILES string of the molecule is CCC[C@H]1CNC[C@@H]1O. The molecule has 0 aromatic rings. The average Bonchev–Trinajstić information content (AvgIpc) is 2.18. The molecule has 0 saturated carbocycles. The Labute approximate surface area is 56.3 Å². The Hall–Kier alpha value is -0.0800. The minimum Gasteiger partial charge on any atom is -0.391 e. The molecular weight excluding hydrogens is 114 g/mol. The maximum atomic E-state index is 9.26. The van der Waals surface area contributed by atoms with E-state index in [0.29, 0.717) is 5.92 Å². The van der Waals surface area contributed by atoms with Crippen LogP contribution in [-0.4, -0.2) is 24.3 Å². The normalized spacial score (nSPS) is 35.3. The van der Waals surface area contributed by atoms with Crippen LogP contribution in [-0.2, 0) is 0 Å². The van der Waals surface area contributed by atoms with Crippen molar-refractivity contribution in [1.82, 2.24) is 5.32 Å². The molecule has 2 heteroatoms. The molecule has 1 aliphatic rings. The third-order valence-corrected chi connectivity index (χ3v) is 1.96. The summed E-state index contributed by atoms with van der Waals surface area (Å²) < 4.78 is 0. The summed E-state index contributed by atoms with van der Waals surface area (Å²) in [5.74, 6) is 0.523. The highest BCUT2D eigenvalue weighted by Gasteiger charge is 2.23. The molecule has 0 aromatic heterocycles. The van der Waals surface area contributed by atoms with Crippen molar-refractivity contribution < 1.29 is 5.11 Å². The maximum absolute atomic E-state index is 9.26. The first-order valence-electron chi connectivity index (χ1n) is 3.73. The highest BCUT2D eigenvalue weighted by atomic mass is 16.3. The van der Waals surface area contributed by atoms with Gasteiger partial charge in [0.25, 0.3) is 0 Å². The molecule has 1 heterocycles. The first-order chi connectivity index (χ1) is 4.34. The standard InChI is InChI=1S/C7H15NO/c1-2-3-6-4-8-5-7(6)9/h6-9H,2-5H2,1H3/t6-,7-/m0/s1. The number of hydrogen-bond acceptors (Lipinski definition) is 2. The highest BCUT2D eigenvalue weighted by molar-refractivity contribution is 4.79. The zero-order valence-corrected chi connectivity index (χ0v) is 5.93. The molecule has 1 fully saturated rings. The fourth-order valence-electron chi connectivity index (χ4n) is 1.38. The number of β-amino-alcohol motifs (C(OH)–C–C–N with tert-alkyl or cyclic N) is 1. The van der Waals surface area contributed by atoms with E-state index in [9.17, 15) is 5.11 Å². The second-order valence-electron chi connectivity index (χ2n) is 2.77. The molecule has 0 aromatic carbocycles. The van der Waals surface area contributed by atoms with Gasteiger partial charge in [0.15, 0.2) is 0 Å². The van der Waals surface area contributed by atoms with Crippen molar-refractivity contribution >= 4 is 0 Å². The smallest absolute Gasteiger partial charge is 0.0704 e. The highest BCUT2D eigenvalue weighted by Crippen LogP contribution is 2.14. The number of nitrogens with one attached hydrogen (secondary N) is 1. The fourth-order valence-corrected chi connectivity index (χ4v) is 1.38. The summed E-state index contributed by atoms with van der Waals surface area (Å²) >= 11 is 0. The van der Waals surface area contributed by atoms with Crippen LogP contribution in [0.25, 0.3) is 0 Å². The van der Waals surface area contributed by atoms with E-state index >= 15 is 0 Å². The van der Waals surface area contributed by atoms with Crippen LogP contribution in [0, 0.1) is 5.92 Å². The molecule has 0 spiro atoms. The van der Waals surface area contributed by atoms with E-state index in [2.05, 4.69) is 12.2 Å². The molecule has 0 aliphatic carbocycles. The second-order valence-corrected chi connectivity index (χ2v) is 2.77. The van der Waals surface area contributed by atoms with Gasteiger partial charge < -0.3 is 10.4 Å². The van der Waals surface area contributed by atoms with Crippen LogP contribution in [0.1, 0.15) is 19.8 Å². The van der Waals surface area contributed by atoms with Gasteiger partial charge in [0.2, 0.25) is 0 Å². The van der Waals surface area contributed by atoms with Crippen LogP contribution in [0.5, 0.6) is 0 Å². The molecule has 0 unspecified atom stereocenters. The van der Waals surface area contributed by atoms with Crippen LogP contribution >= 0.6 is 0 Å².